The molecule has 1 fully saturated rings. The zero-order chi connectivity index (χ0) is 12.3. The van der Waals surface area contributed by atoms with Gasteiger partial charge in [-0.05, 0) is 45.2 Å². The van der Waals surface area contributed by atoms with Gasteiger partial charge in [-0.15, -0.1) is 0 Å². The number of aliphatic hydroxyl groups is 1. The molecule has 0 aromatic carbocycles. The van der Waals surface area contributed by atoms with E-state index in [2.05, 4.69) is 31.0 Å². The van der Waals surface area contributed by atoms with Crippen molar-refractivity contribution in [2.75, 3.05) is 26.7 Å². The van der Waals surface area contributed by atoms with Gasteiger partial charge in [-0.25, -0.2) is 0 Å². The summed E-state index contributed by atoms with van der Waals surface area (Å²) in [5.41, 5.74) is 0.280. The first-order chi connectivity index (χ1) is 7.36. The van der Waals surface area contributed by atoms with Crippen LogP contribution in [0, 0.1) is 11.3 Å². The van der Waals surface area contributed by atoms with E-state index in [1.165, 1.54) is 0 Å². The van der Waals surface area contributed by atoms with Crippen LogP contribution in [0.25, 0.3) is 0 Å². The van der Waals surface area contributed by atoms with E-state index in [0.717, 1.165) is 26.1 Å². The normalized spacial score (nSPS) is 27.0. The minimum atomic E-state index is -0.158. The molecule has 1 saturated heterocycles. The van der Waals surface area contributed by atoms with Gasteiger partial charge in [0.2, 0.25) is 0 Å². The first-order valence-electron chi connectivity index (χ1n) is 6.44. The summed E-state index contributed by atoms with van der Waals surface area (Å²) in [6.45, 7) is 12.1. The number of aliphatic hydroxyl groups excluding tert-OH is 1. The molecule has 0 saturated carbocycles. The first kappa shape index (κ1) is 13.9. The van der Waals surface area contributed by atoms with Crippen LogP contribution in [0.5, 0.6) is 0 Å². The minimum Gasteiger partial charge on any atom is -0.393 e. The largest absolute Gasteiger partial charge is 0.393 e. The average molecular weight is 228 g/mol. The van der Waals surface area contributed by atoms with Crippen molar-refractivity contribution in [3.05, 3.63) is 0 Å². The van der Waals surface area contributed by atoms with Crippen molar-refractivity contribution in [1.29, 1.82) is 0 Å². The van der Waals surface area contributed by atoms with E-state index in [4.69, 9.17) is 0 Å². The summed E-state index contributed by atoms with van der Waals surface area (Å²) in [6.07, 6.45) is 0.983. The van der Waals surface area contributed by atoms with E-state index < -0.39 is 0 Å². The fourth-order valence-corrected chi connectivity index (χ4v) is 2.50. The zero-order valence-corrected chi connectivity index (χ0v) is 11.5. The molecule has 0 aromatic rings. The number of hydrogen-bond donors (Lipinski definition) is 2. The van der Waals surface area contributed by atoms with E-state index in [0.29, 0.717) is 12.0 Å². The predicted molar refractivity (Wildman–Crippen MR) is 68.5 cm³/mol. The molecule has 3 nitrogen and oxygen atoms in total. The van der Waals surface area contributed by atoms with Crippen LogP contribution >= 0.6 is 0 Å². The highest BCUT2D eigenvalue weighted by Crippen LogP contribution is 2.27. The second kappa shape index (κ2) is 5.48. The quantitative estimate of drug-likeness (QED) is 0.745. The van der Waals surface area contributed by atoms with Crippen LogP contribution in [0.2, 0.25) is 0 Å². The van der Waals surface area contributed by atoms with Crippen molar-refractivity contribution in [1.82, 2.24) is 10.2 Å². The fourth-order valence-electron chi connectivity index (χ4n) is 2.50. The first-order valence-corrected chi connectivity index (χ1v) is 6.44. The Balaban J connectivity index is 2.44. The van der Waals surface area contributed by atoms with Gasteiger partial charge in [0, 0.05) is 19.1 Å². The number of hydrogen-bond acceptors (Lipinski definition) is 3. The molecule has 16 heavy (non-hydrogen) atoms. The van der Waals surface area contributed by atoms with E-state index in [9.17, 15) is 5.11 Å². The third-order valence-corrected chi connectivity index (χ3v) is 4.23. The van der Waals surface area contributed by atoms with Crippen LogP contribution in [-0.4, -0.2) is 48.8 Å². The summed E-state index contributed by atoms with van der Waals surface area (Å²) >= 11 is 0. The molecule has 0 amide bonds. The third kappa shape index (κ3) is 3.44. The lowest BCUT2D eigenvalue weighted by Crippen LogP contribution is -2.45. The smallest absolute Gasteiger partial charge is 0.0552 e. The topological polar surface area (TPSA) is 35.5 Å². The Morgan fingerprint density at radius 2 is 2.06 bits per heavy atom. The number of rotatable bonds is 5. The maximum atomic E-state index is 9.58. The zero-order valence-electron chi connectivity index (χ0n) is 11.5. The minimum absolute atomic E-state index is 0.158. The molecule has 0 spiro atoms. The summed E-state index contributed by atoms with van der Waals surface area (Å²) < 4.78 is 0. The second-order valence-electron chi connectivity index (χ2n) is 6.02. The summed E-state index contributed by atoms with van der Waals surface area (Å²) in [7, 11) is 2.02. The molecule has 0 aromatic heterocycles. The van der Waals surface area contributed by atoms with Gasteiger partial charge in [-0.1, -0.05) is 13.8 Å². The highest BCUT2D eigenvalue weighted by atomic mass is 16.3. The second-order valence-corrected chi connectivity index (χ2v) is 6.02. The van der Waals surface area contributed by atoms with Gasteiger partial charge >= 0.3 is 0 Å². The summed E-state index contributed by atoms with van der Waals surface area (Å²) in [6, 6.07) is 0.512. The molecular weight excluding hydrogens is 200 g/mol. The highest BCUT2D eigenvalue weighted by molar-refractivity contribution is 4.87. The Bertz CT molecular complexity index is 216. The van der Waals surface area contributed by atoms with E-state index in [1.807, 2.05) is 14.0 Å². The van der Waals surface area contributed by atoms with Crippen molar-refractivity contribution < 1.29 is 5.11 Å². The third-order valence-electron chi connectivity index (χ3n) is 4.23. The molecule has 1 aliphatic rings. The van der Waals surface area contributed by atoms with E-state index in [-0.39, 0.29) is 11.5 Å². The SMILES string of the molecule is CNC(C)C(C)(C)CN1CCC(C(C)O)C1. The molecule has 96 valence electrons. The van der Waals surface area contributed by atoms with E-state index in [1.54, 1.807) is 0 Å². The summed E-state index contributed by atoms with van der Waals surface area (Å²) in [5, 5.41) is 12.9. The predicted octanol–water partition coefficient (Wildman–Crippen LogP) is 1.32. The summed E-state index contributed by atoms with van der Waals surface area (Å²) in [5.74, 6) is 0.473. The molecule has 0 radical (unpaired) electrons. The van der Waals surface area contributed by atoms with Crippen molar-refractivity contribution in [3.8, 4) is 0 Å². The maximum Gasteiger partial charge on any atom is 0.0552 e. The Kier molecular flexibility index (Phi) is 4.77. The molecular formula is C13H28N2O. The lowest BCUT2D eigenvalue weighted by molar-refractivity contribution is 0.116. The molecule has 1 rings (SSSR count). The molecule has 3 atom stereocenters. The van der Waals surface area contributed by atoms with Crippen LogP contribution in [0.3, 0.4) is 0 Å². The highest BCUT2D eigenvalue weighted by Gasteiger charge is 2.32. The summed E-state index contributed by atoms with van der Waals surface area (Å²) in [4.78, 5) is 2.49. The van der Waals surface area contributed by atoms with E-state index >= 15 is 0 Å². The lowest BCUT2D eigenvalue weighted by Gasteiger charge is -2.35. The molecule has 0 bridgehead atoms. The van der Waals surface area contributed by atoms with Crippen molar-refractivity contribution in [3.63, 3.8) is 0 Å². The van der Waals surface area contributed by atoms with Gasteiger partial charge in [0.25, 0.3) is 0 Å². The standard InChI is InChI=1S/C13H28N2O/c1-10(16)12-6-7-15(8-12)9-13(3,4)11(2)14-5/h10-12,14,16H,6-9H2,1-5H3. The van der Waals surface area contributed by atoms with Gasteiger partial charge in [0.05, 0.1) is 6.10 Å². The Morgan fingerprint density at radius 1 is 1.44 bits per heavy atom. The molecule has 0 aliphatic carbocycles. The van der Waals surface area contributed by atoms with Gasteiger partial charge in [-0.2, -0.15) is 0 Å². The van der Waals surface area contributed by atoms with Gasteiger partial charge in [0.15, 0.2) is 0 Å². The fraction of sp³-hybridized carbons (Fsp3) is 1.00. The molecule has 1 aliphatic heterocycles. The Labute approximate surface area is 100 Å². The molecule has 2 N–H and O–H groups in total. The Morgan fingerprint density at radius 3 is 2.50 bits per heavy atom. The van der Waals surface area contributed by atoms with Crippen LogP contribution in [0.15, 0.2) is 0 Å². The van der Waals surface area contributed by atoms with Crippen LogP contribution in [0.4, 0.5) is 0 Å². The monoisotopic (exact) mass is 228 g/mol. The van der Waals surface area contributed by atoms with Crippen LogP contribution < -0.4 is 5.32 Å². The van der Waals surface area contributed by atoms with Crippen LogP contribution in [0.1, 0.15) is 34.1 Å². The number of nitrogens with zero attached hydrogens (tertiary/aromatic N) is 1. The maximum absolute atomic E-state index is 9.58. The van der Waals surface area contributed by atoms with Crippen molar-refractivity contribution in [2.24, 2.45) is 11.3 Å². The van der Waals surface area contributed by atoms with Gasteiger partial charge in [-0.3, -0.25) is 0 Å². The lowest BCUT2D eigenvalue weighted by atomic mass is 9.85. The van der Waals surface area contributed by atoms with Gasteiger partial charge in [0.1, 0.15) is 0 Å². The molecule has 3 unspecified atom stereocenters. The van der Waals surface area contributed by atoms with Crippen molar-refractivity contribution >= 4 is 0 Å². The molecule has 1 heterocycles. The number of likely N-dealkylation sites (tertiary alicyclic amines) is 1. The van der Waals surface area contributed by atoms with Gasteiger partial charge < -0.3 is 15.3 Å². The van der Waals surface area contributed by atoms with Crippen molar-refractivity contribution in [2.45, 2.75) is 46.3 Å². The number of nitrogens with one attached hydrogen (secondary N) is 1. The molecule has 3 heteroatoms. The average Bonchev–Trinajstić information content (AvgIpc) is 2.64. The Hall–Kier alpha value is -0.120. The van der Waals surface area contributed by atoms with Crippen LogP contribution in [-0.2, 0) is 0 Å².